The van der Waals surface area contributed by atoms with Gasteiger partial charge in [0.15, 0.2) is 0 Å². The molecule has 19 heavy (non-hydrogen) atoms. The summed E-state index contributed by atoms with van der Waals surface area (Å²) in [6, 6.07) is 0. The van der Waals surface area contributed by atoms with Gasteiger partial charge in [-0.25, -0.2) is 0 Å². The molecule has 0 spiro atoms. The fourth-order valence-electron chi connectivity index (χ4n) is 2.37. The van der Waals surface area contributed by atoms with Gasteiger partial charge in [0.05, 0.1) is 0 Å². The molecule has 1 aromatic heterocycles. The summed E-state index contributed by atoms with van der Waals surface area (Å²) in [4.78, 5) is 6.80. The minimum absolute atomic E-state index is 0.286. The Hall–Kier alpha value is -1.14. The summed E-state index contributed by atoms with van der Waals surface area (Å²) in [5.41, 5.74) is 6.11. The molecule has 6 nitrogen and oxygen atoms in total. The van der Waals surface area contributed by atoms with E-state index >= 15 is 0 Å². The molecule has 0 saturated carbocycles. The van der Waals surface area contributed by atoms with Gasteiger partial charge >= 0.3 is 0 Å². The lowest BCUT2D eigenvalue weighted by Gasteiger charge is -2.38. The minimum Gasteiger partial charge on any atom is -0.385 e. The number of rotatable bonds is 6. The van der Waals surface area contributed by atoms with E-state index in [2.05, 4.69) is 27.0 Å². The summed E-state index contributed by atoms with van der Waals surface area (Å²) in [7, 11) is 1.72. The van der Waals surface area contributed by atoms with Crippen LogP contribution in [0.4, 0.5) is 5.95 Å². The second kappa shape index (κ2) is 6.34. The molecule has 0 aromatic carbocycles. The summed E-state index contributed by atoms with van der Waals surface area (Å²) in [5.74, 6) is 1.77. The molecule has 0 atom stereocenters. The van der Waals surface area contributed by atoms with Crippen LogP contribution in [0.5, 0.6) is 0 Å². The summed E-state index contributed by atoms with van der Waals surface area (Å²) in [6.07, 6.45) is 4.07. The Labute approximate surface area is 114 Å². The first-order valence-electron chi connectivity index (χ1n) is 7.02. The average molecular weight is 267 g/mol. The lowest BCUT2D eigenvalue weighted by atomic mass is 9.81. The fraction of sp³-hybridized carbons (Fsp3) is 0.846. The molecule has 1 aliphatic heterocycles. The van der Waals surface area contributed by atoms with Crippen LogP contribution in [-0.4, -0.2) is 48.5 Å². The molecular formula is C13H25N5O. The van der Waals surface area contributed by atoms with Crippen molar-refractivity contribution in [3.05, 3.63) is 5.82 Å². The van der Waals surface area contributed by atoms with Crippen molar-refractivity contribution in [1.82, 2.24) is 15.2 Å². The van der Waals surface area contributed by atoms with Crippen LogP contribution >= 0.6 is 0 Å². The van der Waals surface area contributed by atoms with Crippen LogP contribution in [0.3, 0.4) is 0 Å². The zero-order valence-electron chi connectivity index (χ0n) is 12.0. The average Bonchev–Trinajstić information content (AvgIpc) is 2.89. The lowest BCUT2D eigenvalue weighted by Crippen LogP contribution is -2.42. The van der Waals surface area contributed by atoms with E-state index < -0.39 is 0 Å². The third-order valence-electron chi connectivity index (χ3n) is 4.03. The number of aryl methyl sites for hydroxylation is 1. The minimum atomic E-state index is 0.286. The largest absolute Gasteiger partial charge is 0.385 e. The molecule has 3 N–H and O–H groups in total. The molecule has 0 bridgehead atoms. The first-order chi connectivity index (χ1) is 9.17. The quantitative estimate of drug-likeness (QED) is 0.750. The molecule has 6 heteroatoms. The molecule has 1 fully saturated rings. The van der Waals surface area contributed by atoms with Crippen LogP contribution in [0.25, 0.3) is 0 Å². The van der Waals surface area contributed by atoms with Crippen LogP contribution < -0.4 is 10.6 Å². The van der Waals surface area contributed by atoms with Crippen molar-refractivity contribution in [1.29, 1.82) is 0 Å². The van der Waals surface area contributed by atoms with Gasteiger partial charge in [-0.3, -0.25) is 5.10 Å². The second-order valence-corrected chi connectivity index (χ2v) is 5.68. The van der Waals surface area contributed by atoms with E-state index in [9.17, 15) is 0 Å². The molecule has 0 radical (unpaired) electrons. The van der Waals surface area contributed by atoms with Gasteiger partial charge in [0, 0.05) is 33.2 Å². The molecule has 108 valence electrons. The maximum Gasteiger partial charge on any atom is 0.244 e. The summed E-state index contributed by atoms with van der Waals surface area (Å²) < 4.78 is 5.04. The number of hydrogen-bond acceptors (Lipinski definition) is 5. The topological polar surface area (TPSA) is 80.1 Å². The van der Waals surface area contributed by atoms with Gasteiger partial charge in [-0.1, -0.05) is 6.92 Å². The SMILES string of the molecule is COCCCc1nc(N2CCC(C)(CN)CC2)n[nH]1. The zero-order valence-corrected chi connectivity index (χ0v) is 12.0. The van der Waals surface area contributed by atoms with E-state index in [4.69, 9.17) is 10.5 Å². The molecule has 2 rings (SSSR count). The van der Waals surface area contributed by atoms with Crippen LogP contribution in [0.2, 0.25) is 0 Å². The smallest absolute Gasteiger partial charge is 0.244 e. The highest BCUT2D eigenvalue weighted by molar-refractivity contribution is 5.29. The highest BCUT2D eigenvalue weighted by Gasteiger charge is 2.29. The second-order valence-electron chi connectivity index (χ2n) is 5.68. The number of piperidine rings is 1. The van der Waals surface area contributed by atoms with E-state index in [-0.39, 0.29) is 5.41 Å². The van der Waals surface area contributed by atoms with E-state index in [1.54, 1.807) is 7.11 Å². The van der Waals surface area contributed by atoms with Crippen LogP contribution in [0.15, 0.2) is 0 Å². The highest BCUT2D eigenvalue weighted by Crippen LogP contribution is 2.30. The number of nitrogens with zero attached hydrogens (tertiary/aromatic N) is 3. The van der Waals surface area contributed by atoms with Crippen LogP contribution in [0.1, 0.15) is 32.0 Å². The molecule has 2 heterocycles. The van der Waals surface area contributed by atoms with E-state index in [0.717, 1.165) is 63.7 Å². The van der Waals surface area contributed by atoms with Gasteiger partial charge in [-0.15, -0.1) is 5.10 Å². The molecule has 0 amide bonds. The zero-order chi connectivity index (χ0) is 13.7. The van der Waals surface area contributed by atoms with E-state index in [1.165, 1.54) is 0 Å². The van der Waals surface area contributed by atoms with Crippen molar-refractivity contribution in [3.8, 4) is 0 Å². The lowest BCUT2D eigenvalue weighted by molar-refractivity contribution is 0.194. The van der Waals surface area contributed by atoms with Crippen molar-refractivity contribution in [2.75, 3.05) is 38.3 Å². The number of aromatic amines is 1. The Morgan fingerprint density at radius 2 is 2.16 bits per heavy atom. The molecular weight excluding hydrogens is 242 g/mol. The standard InChI is InChI=1S/C13H25N5O/c1-13(10-14)5-7-18(8-6-13)12-15-11(16-17-12)4-3-9-19-2/h3-10,14H2,1-2H3,(H,15,16,17). The third-order valence-corrected chi connectivity index (χ3v) is 4.03. The Bertz CT molecular complexity index is 384. The van der Waals surface area contributed by atoms with Gasteiger partial charge in [0.1, 0.15) is 5.82 Å². The number of aromatic nitrogens is 3. The maximum atomic E-state index is 5.83. The van der Waals surface area contributed by atoms with Crippen LogP contribution in [0, 0.1) is 5.41 Å². The number of anilines is 1. The predicted molar refractivity (Wildman–Crippen MR) is 75.2 cm³/mol. The summed E-state index contributed by atoms with van der Waals surface area (Å²) in [6.45, 7) is 5.76. The number of H-pyrrole nitrogens is 1. The number of ether oxygens (including phenoxy) is 1. The van der Waals surface area contributed by atoms with E-state index in [0.29, 0.717) is 0 Å². The van der Waals surface area contributed by atoms with Gasteiger partial charge in [-0.2, -0.15) is 4.98 Å². The molecule has 1 aliphatic rings. The van der Waals surface area contributed by atoms with Gasteiger partial charge in [0.25, 0.3) is 0 Å². The summed E-state index contributed by atoms with van der Waals surface area (Å²) in [5, 5.41) is 7.32. The number of hydrogen-bond donors (Lipinski definition) is 2. The van der Waals surface area contributed by atoms with E-state index in [1.807, 2.05) is 0 Å². The van der Waals surface area contributed by atoms with Gasteiger partial charge < -0.3 is 15.4 Å². The van der Waals surface area contributed by atoms with Gasteiger partial charge in [-0.05, 0) is 31.2 Å². The Kier molecular flexibility index (Phi) is 4.76. The predicted octanol–water partition coefficient (Wildman–Crippen LogP) is 0.949. The van der Waals surface area contributed by atoms with Crippen molar-refractivity contribution in [2.24, 2.45) is 11.1 Å². The van der Waals surface area contributed by atoms with Crippen LogP contribution in [-0.2, 0) is 11.2 Å². The fourth-order valence-corrected chi connectivity index (χ4v) is 2.37. The molecule has 1 aromatic rings. The Morgan fingerprint density at radius 3 is 2.79 bits per heavy atom. The maximum absolute atomic E-state index is 5.83. The number of methoxy groups -OCH3 is 1. The van der Waals surface area contributed by atoms with Crippen molar-refractivity contribution < 1.29 is 4.74 Å². The number of nitrogens with one attached hydrogen (secondary N) is 1. The number of nitrogens with two attached hydrogens (primary N) is 1. The monoisotopic (exact) mass is 267 g/mol. The molecule has 0 unspecified atom stereocenters. The Balaban J connectivity index is 1.86. The Morgan fingerprint density at radius 1 is 1.42 bits per heavy atom. The summed E-state index contributed by atoms with van der Waals surface area (Å²) >= 11 is 0. The van der Waals surface area contributed by atoms with Crippen molar-refractivity contribution in [2.45, 2.75) is 32.6 Å². The normalized spacial score (nSPS) is 18.8. The molecule has 0 aliphatic carbocycles. The molecule has 1 saturated heterocycles. The first-order valence-corrected chi connectivity index (χ1v) is 7.02. The highest BCUT2D eigenvalue weighted by atomic mass is 16.5. The van der Waals surface area contributed by atoms with Gasteiger partial charge in [0.2, 0.25) is 5.95 Å². The van der Waals surface area contributed by atoms with Crippen molar-refractivity contribution in [3.63, 3.8) is 0 Å². The first kappa shape index (κ1) is 14.3. The third kappa shape index (κ3) is 3.67. The van der Waals surface area contributed by atoms with Crippen molar-refractivity contribution >= 4 is 5.95 Å².